The van der Waals surface area contributed by atoms with Gasteiger partial charge < -0.3 is 9.64 Å². The van der Waals surface area contributed by atoms with Gasteiger partial charge in [0.25, 0.3) is 0 Å². The quantitative estimate of drug-likeness (QED) is 0.427. The van der Waals surface area contributed by atoms with Crippen molar-refractivity contribution in [3.8, 4) is 0 Å². The lowest BCUT2D eigenvalue weighted by molar-refractivity contribution is 0.277. The minimum atomic E-state index is -0.611. The lowest BCUT2D eigenvalue weighted by Crippen LogP contribution is -2.10. The van der Waals surface area contributed by atoms with Crippen LogP contribution in [-0.4, -0.2) is 67.6 Å². The maximum Gasteiger partial charge on any atom is 0.130 e. The summed E-state index contributed by atoms with van der Waals surface area (Å²) in [6.07, 6.45) is 4.08. The highest BCUT2D eigenvalue weighted by molar-refractivity contribution is 7.97. The average molecular weight is 384 g/mol. The van der Waals surface area contributed by atoms with Crippen LogP contribution in [0.4, 0.5) is 0 Å². The van der Waals surface area contributed by atoms with Crippen LogP contribution in [0.25, 0.3) is 0 Å². The summed E-state index contributed by atoms with van der Waals surface area (Å²) in [4.78, 5) is 2.00. The SMILES string of the molecule is CB(C)C.CC(C)(C)C.CN(C)C.COC.CSC.C[Si](C)(C)C. The summed E-state index contributed by atoms with van der Waals surface area (Å²) in [5.74, 6) is 0. The van der Waals surface area contributed by atoms with E-state index in [0.29, 0.717) is 5.41 Å². The van der Waals surface area contributed by atoms with E-state index >= 15 is 0 Å². The fraction of sp³-hybridized carbons (Fsp3) is 1.00. The second-order valence-electron chi connectivity index (χ2n) is 9.89. The Kier molecular flexibility index (Phi) is 46.8. The Morgan fingerprint density at radius 2 is 0.792 bits per heavy atom. The predicted octanol–water partition coefficient (Wildman–Crippen LogP) is 6.80. The van der Waals surface area contributed by atoms with Crippen molar-refractivity contribution >= 4 is 26.5 Å². The van der Waals surface area contributed by atoms with E-state index in [1.54, 1.807) is 26.0 Å². The number of hydrogen-bond donors (Lipinski definition) is 0. The molecule has 0 saturated carbocycles. The molecule has 0 saturated heterocycles. The minimum Gasteiger partial charge on any atom is -0.388 e. The summed E-state index contributed by atoms with van der Waals surface area (Å²) >= 11 is 1.75. The molecule has 0 aliphatic rings. The number of nitrogens with zero attached hydrogens (tertiary/aromatic N) is 1. The van der Waals surface area contributed by atoms with Gasteiger partial charge in [0, 0.05) is 22.3 Å². The molecule has 0 aromatic carbocycles. The van der Waals surface area contributed by atoms with Gasteiger partial charge in [0.1, 0.15) is 6.71 Å². The van der Waals surface area contributed by atoms with Gasteiger partial charge in [-0.3, -0.25) is 0 Å². The molecule has 0 rings (SSSR count). The summed E-state index contributed by atoms with van der Waals surface area (Å²) in [5.41, 5.74) is 0.500. The Labute approximate surface area is 164 Å². The van der Waals surface area contributed by atoms with Crippen molar-refractivity contribution in [3.63, 3.8) is 0 Å². The highest BCUT2D eigenvalue weighted by atomic mass is 32.2. The molecule has 5 heteroatoms. The predicted molar refractivity (Wildman–Crippen MR) is 130 cm³/mol. The highest BCUT2D eigenvalue weighted by Gasteiger charge is 1.99. The fourth-order valence-corrected chi connectivity index (χ4v) is 0. The van der Waals surface area contributed by atoms with E-state index in [-0.39, 0.29) is 0 Å². The zero-order valence-corrected chi connectivity index (χ0v) is 22.7. The first-order valence-corrected chi connectivity index (χ1v) is 14.3. The molecule has 0 aliphatic carbocycles. The molecule has 0 fully saturated rings. The molecule has 2 nitrogen and oxygen atoms in total. The van der Waals surface area contributed by atoms with Crippen LogP contribution in [-0.2, 0) is 4.74 Å². The van der Waals surface area contributed by atoms with Gasteiger partial charge in [0.2, 0.25) is 0 Å². The third-order valence-electron chi connectivity index (χ3n) is 0. The summed E-state index contributed by atoms with van der Waals surface area (Å²) in [5, 5.41) is 0. The lowest BCUT2D eigenvalue weighted by Gasteiger charge is -2.05. The van der Waals surface area contributed by atoms with E-state index in [0.717, 1.165) is 6.71 Å². The molecule has 24 heavy (non-hydrogen) atoms. The summed E-state index contributed by atoms with van der Waals surface area (Å²) < 4.78 is 4.25. The van der Waals surface area contributed by atoms with Gasteiger partial charge in [-0.05, 0) is 39.1 Å². The lowest BCUT2D eigenvalue weighted by atomic mass is 9.58. The standard InChI is InChI=1S/C5H12.C4H12Si.C3H9B.C3H9N.C2H6O.C2H6S/c2*1-5(2,3)4;2*1-4(2)3;2*1-3-2/h2*1-4H3;2*1-3H3;2*1-2H3. The normalized spacial score (nSPS) is 9.12. The maximum atomic E-state index is 4.25. The van der Waals surface area contributed by atoms with Crippen molar-refractivity contribution in [2.24, 2.45) is 5.41 Å². The molecule has 0 N–H and O–H groups in total. The zero-order valence-electron chi connectivity index (χ0n) is 20.8. The summed E-state index contributed by atoms with van der Waals surface area (Å²) in [7, 11) is 8.64. The number of rotatable bonds is 0. The number of thioether (sulfide) groups is 1. The monoisotopic (exact) mass is 383 g/mol. The zero-order chi connectivity index (χ0) is 21.6. The maximum absolute atomic E-state index is 4.25. The molecular weight excluding hydrogens is 329 g/mol. The number of hydrogen-bond acceptors (Lipinski definition) is 3. The van der Waals surface area contributed by atoms with Crippen LogP contribution in [0.15, 0.2) is 0 Å². The molecule has 0 aliphatic heterocycles. The average Bonchev–Trinajstić information content (AvgIpc) is 2.10. The Morgan fingerprint density at radius 1 is 0.792 bits per heavy atom. The van der Waals surface area contributed by atoms with Crippen LogP contribution in [0.2, 0.25) is 46.7 Å². The van der Waals surface area contributed by atoms with Gasteiger partial charge in [-0.1, -0.05) is 74.4 Å². The van der Waals surface area contributed by atoms with Crippen molar-refractivity contribution in [2.75, 3.05) is 47.9 Å². The van der Waals surface area contributed by atoms with E-state index in [2.05, 4.69) is 79.1 Å². The third-order valence-corrected chi connectivity index (χ3v) is 0. The van der Waals surface area contributed by atoms with Crippen LogP contribution in [0.1, 0.15) is 27.7 Å². The van der Waals surface area contributed by atoms with Crippen LogP contribution in [0, 0.1) is 5.41 Å². The minimum absolute atomic E-state index is 0.500. The van der Waals surface area contributed by atoms with E-state index in [4.69, 9.17) is 0 Å². The smallest absolute Gasteiger partial charge is 0.130 e. The second kappa shape index (κ2) is 28.4. The number of methoxy groups -OCH3 is 1. The van der Waals surface area contributed by atoms with Crippen molar-refractivity contribution in [1.29, 1.82) is 0 Å². The van der Waals surface area contributed by atoms with E-state index in [1.807, 2.05) is 38.6 Å². The molecule has 0 radical (unpaired) electrons. The molecule has 0 spiro atoms. The van der Waals surface area contributed by atoms with Crippen molar-refractivity contribution in [2.45, 2.75) is 74.4 Å². The van der Waals surface area contributed by atoms with Crippen molar-refractivity contribution in [3.05, 3.63) is 0 Å². The largest absolute Gasteiger partial charge is 0.388 e. The van der Waals surface area contributed by atoms with Crippen molar-refractivity contribution < 1.29 is 4.74 Å². The van der Waals surface area contributed by atoms with Crippen LogP contribution in [0.5, 0.6) is 0 Å². The van der Waals surface area contributed by atoms with Gasteiger partial charge in [0.15, 0.2) is 0 Å². The van der Waals surface area contributed by atoms with Gasteiger partial charge in [-0.15, -0.1) is 0 Å². The highest BCUT2D eigenvalue weighted by Crippen LogP contribution is 2.08. The van der Waals surface area contributed by atoms with Crippen LogP contribution in [0.3, 0.4) is 0 Å². The van der Waals surface area contributed by atoms with Gasteiger partial charge in [-0.2, -0.15) is 11.8 Å². The first kappa shape index (κ1) is 39.6. The van der Waals surface area contributed by atoms with Gasteiger partial charge in [-0.25, -0.2) is 0 Å². The van der Waals surface area contributed by atoms with Gasteiger partial charge >= 0.3 is 0 Å². The Morgan fingerprint density at radius 3 is 0.792 bits per heavy atom. The molecule has 0 aromatic rings. The fourth-order valence-electron chi connectivity index (χ4n) is 0. The van der Waals surface area contributed by atoms with E-state index in [1.165, 1.54) is 0 Å². The molecule has 0 amide bonds. The first-order chi connectivity index (χ1) is 10.3. The van der Waals surface area contributed by atoms with Crippen molar-refractivity contribution in [1.82, 2.24) is 4.90 Å². The Bertz CT molecular complexity index is 142. The Balaban J connectivity index is -0.0000000410. The molecule has 0 heterocycles. The molecular formula is C19H54BNOSSi. The third kappa shape index (κ3) is 34400. The topological polar surface area (TPSA) is 12.5 Å². The number of ether oxygens (including phenoxy) is 1. The van der Waals surface area contributed by atoms with Crippen LogP contribution >= 0.6 is 11.8 Å². The molecule has 0 aromatic heterocycles. The Hall–Kier alpha value is 0.552. The second-order valence-corrected chi connectivity index (χ2v) is 16.7. The van der Waals surface area contributed by atoms with Crippen LogP contribution < -0.4 is 0 Å². The van der Waals surface area contributed by atoms with Gasteiger partial charge in [0.05, 0.1) is 0 Å². The first-order valence-electron chi connectivity index (χ1n) is 8.71. The summed E-state index contributed by atoms with van der Waals surface area (Å²) in [6, 6.07) is 0. The molecule has 0 unspecified atom stereocenters. The van der Waals surface area contributed by atoms with E-state index in [9.17, 15) is 0 Å². The molecule has 0 atom stereocenters. The molecule has 0 bridgehead atoms. The van der Waals surface area contributed by atoms with E-state index < -0.39 is 8.07 Å². The molecule has 154 valence electrons. The summed E-state index contributed by atoms with van der Waals surface area (Å²) in [6.45, 7) is 25.4.